The van der Waals surface area contributed by atoms with Crippen molar-refractivity contribution in [1.82, 2.24) is 15.4 Å². The van der Waals surface area contributed by atoms with E-state index in [-0.39, 0.29) is 5.91 Å². The Morgan fingerprint density at radius 1 is 1.45 bits per heavy atom. The van der Waals surface area contributed by atoms with E-state index in [1.165, 1.54) is 0 Å². The fourth-order valence-electron chi connectivity index (χ4n) is 2.46. The molecule has 0 aromatic carbocycles. The summed E-state index contributed by atoms with van der Waals surface area (Å²) in [6.07, 6.45) is 0. The standard InChI is InChI=1S/C14H23N3O3/c1-10(2)13(17-4-6-19-7-5-17)9-15-14(18)12-8-11(3)20-16-12/h8,10,13H,4-7,9H2,1-3H3,(H,15,18)/t13-/m1/s1. The fourth-order valence-corrected chi connectivity index (χ4v) is 2.46. The molecule has 1 aliphatic heterocycles. The Hall–Kier alpha value is -1.40. The van der Waals surface area contributed by atoms with Crippen LogP contribution in [0.4, 0.5) is 0 Å². The molecule has 0 saturated carbocycles. The zero-order valence-electron chi connectivity index (χ0n) is 12.4. The number of hydrogen-bond acceptors (Lipinski definition) is 5. The van der Waals surface area contributed by atoms with Crippen LogP contribution >= 0.6 is 0 Å². The lowest BCUT2D eigenvalue weighted by Gasteiger charge is -2.36. The Bertz CT molecular complexity index is 439. The van der Waals surface area contributed by atoms with E-state index >= 15 is 0 Å². The van der Waals surface area contributed by atoms with Crippen molar-refractivity contribution in [2.24, 2.45) is 5.92 Å². The fraction of sp³-hybridized carbons (Fsp3) is 0.714. The molecule has 0 bridgehead atoms. The second-order valence-corrected chi connectivity index (χ2v) is 5.49. The van der Waals surface area contributed by atoms with E-state index in [9.17, 15) is 4.79 Å². The van der Waals surface area contributed by atoms with Crippen molar-refractivity contribution < 1.29 is 14.1 Å². The van der Waals surface area contributed by atoms with Gasteiger partial charge in [-0.25, -0.2) is 0 Å². The van der Waals surface area contributed by atoms with Crippen molar-refractivity contribution in [1.29, 1.82) is 0 Å². The van der Waals surface area contributed by atoms with Crippen molar-refractivity contribution in [2.75, 3.05) is 32.8 Å². The normalized spacial score (nSPS) is 18.2. The lowest BCUT2D eigenvalue weighted by molar-refractivity contribution is 0.00671. The van der Waals surface area contributed by atoms with Crippen LogP contribution in [0.2, 0.25) is 0 Å². The van der Waals surface area contributed by atoms with E-state index in [0.717, 1.165) is 26.3 Å². The van der Waals surface area contributed by atoms with E-state index in [4.69, 9.17) is 9.26 Å². The lowest BCUT2D eigenvalue weighted by atomic mass is 10.0. The molecule has 6 nitrogen and oxygen atoms in total. The maximum atomic E-state index is 12.0. The van der Waals surface area contributed by atoms with Gasteiger partial charge in [0.05, 0.1) is 13.2 Å². The van der Waals surface area contributed by atoms with Gasteiger partial charge in [0.15, 0.2) is 5.69 Å². The molecule has 0 radical (unpaired) electrons. The molecule has 1 fully saturated rings. The predicted molar refractivity (Wildman–Crippen MR) is 74.6 cm³/mol. The number of carbonyl (C=O) groups is 1. The Morgan fingerprint density at radius 3 is 2.70 bits per heavy atom. The quantitative estimate of drug-likeness (QED) is 0.874. The van der Waals surface area contributed by atoms with Crippen LogP contribution in [-0.2, 0) is 4.74 Å². The summed E-state index contributed by atoms with van der Waals surface area (Å²) in [6.45, 7) is 10.1. The van der Waals surface area contributed by atoms with Gasteiger partial charge >= 0.3 is 0 Å². The van der Waals surface area contributed by atoms with E-state index in [0.29, 0.717) is 30.0 Å². The first kappa shape index (κ1) is 15.0. The summed E-state index contributed by atoms with van der Waals surface area (Å²) in [4.78, 5) is 14.4. The van der Waals surface area contributed by atoms with Crippen LogP contribution in [0.5, 0.6) is 0 Å². The van der Waals surface area contributed by atoms with Crippen molar-refractivity contribution in [3.63, 3.8) is 0 Å². The van der Waals surface area contributed by atoms with Crippen LogP contribution in [0.3, 0.4) is 0 Å². The van der Waals surface area contributed by atoms with Gasteiger partial charge in [-0.2, -0.15) is 0 Å². The Morgan fingerprint density at radius 2 is 2.15 bits per heavy atom. The Kier molecular flexibility index (Phi) is 5.14. The zero-order chi connectivity index (χ0) is 14.5. The molecule has 1 aliphatic rings. The SMILES string of the molecule is Cc1cc(C(=O)NC[C@H](C(C)C)N2CCOCC2)no1. The van der Waals surface area contributed by atoms with Crippen LogP contribution in [0.25, 0.3) is 0 Å². The number of ether oxygens (including phenoxy) is 1. The number of rotatable bonds is 5. The van der Waals surface area contributed by atoms with Crippen LogP contribution in [-0.4, -0.2) is 54.9 Å². The van der Waals surface area contributed by atoms with Gasteiger partial charge < -0.3 is 14.6 Å². The summed E-state index contributed by atoms with van der Waals surface area (Å²) in [5.41, 5.74) is 0.340. The summed E-state index contributed by atoms with van der Waals surface area (Å²) in [6, 6.07) is 1.96. The lowest BCUT2D eigenvalue weighted by Crippen LogP contribution is -2.51. The molecule has 1 atom stereocenters. The average molecular weight is 281 g/mol. The second-order valence-electron chi connectivity index (χ2n) is 5.49. The minimum Gasteiger partial charge on any atom is -0.379 e. The summed E-state index contributed by atoms with van der Waals surface area (Å²) in [7, 11) is 0. The number of carbonyl (C=O) groups excluding carboxylic acids is 1. The van der Waals surface area contributed by atoms with E-state index in [2.05, 4.69) is 29.2 Å². The van der Waals surface area contributed by atoms with E-state index in [1.807, 2.05) is 0 Å². The molecule has 2 rings (SSSR count). The first-order valence-electron chi connectivity index (χ1n) is 7.11. The van der Waals surface area contributed by atoms with Gasteiger partial charge in [0.25, 0.3) is 5.91 Å². The van der Waals surface area contributed by atoms with Gasteiger partial charge in [-0.15, -0.1) is 0 Å². The molecule has 1 aromatic heterocycles. The van der Waals surface area contributed by atoms with Crippen LogP contribution in [0.1, 0.15) is 30.1 Å². The molecule has 112 valence electrons. The summed E-state index contributed by atoms with van der Waals surface area (Å²) >= 11 is 0. The summed E-state index contributed by atoms with van der Waals surface area (Å²) in [5.74, 6) is 0.928. The summed E-state index contributed by atoms with van der Waals surface area (Å²) < 4.78 is 10.3. The van der Waals surface area contributed by atoms with Crippen LogP contribution in [0, 0.1) is 12.8 Å². The molecule has 1 saturated heterocycles. The molecule has 2 heterocycles. The van der Waals surface area contributed by atoms with E-state index < -0.39 is 0 Å². The number of hydrogen-bond donors (Lipinski definition) is 1. The number of aromatic nitrogens is 1. The molecular weight excluding hydrogens is 258 g/mol. The van der Waals surface area contributed by atoms with Gasteiger partial charge in [-0.05, 0) is 12.8 Å². The molecule has 1 aromatic rings. The van der Waals surface area contributed by atoms with E-state index in [1.54, 1.807) is 13.0 Å². The molecule has 0 spiro atoms. The molecule has 1 N–H and O–H groups in total. The number of morpholine rings is 1. The third-order valence-corrected chi connectivity index (χ3v) is 3.62. The molecule has 0 aliphatic carbocycles. The topological polar surface area (TPSA) is 67.6 Å². The van der Waals surface area contributed by atoms with Gasteiger partial charge in [-0.1, -0.05) is 19.0 Å². The monoisotopic (exact) mass is 281 g/mol. The highest BCUT2D eigenvalue weighted by Crippen LogP contribution is 2.12. The van der Waals surface area contributed by atoms with Gasteiger partial charge in [0.1, 0.15) is 5.76 Å². The molecule has 20 heavy (non-hydrogen) atoms. The van der Waals surface area contributed by atoms with Crippen molar-refractivity contribution in [2.45, 2.75) is 26.8 Å². The van der Waals surface area contributed by atoms with Crippen LogP contribution < -0.4 is 5.32 Å². The number of aryl methyl sites for hydroxylation is 1. The highest BCUT2D eigenvalue weighted by atomic mass is 16.5. The van der Waals surface area contributed by atoms with Gasteiger partial charge in [-0.3, -0.25) is 9.69 Å². The average Bonchev–Trinajstić information content (AvgIpc) is 2.86. The first-order valence-corrected chi connectivity index (χ1v) is 7.11. The van der Waals surface area contributed by atoms with Gasteiger partial charge in [0.2, 0.25) is 0 Å². The molecule has 1 amide bonds. The molecule has 0 unspecified atom stereocenters. The third kappa shape index (κ3) is 3.80. The number of nitrogens with zero attached hydrogens (tertiary/aromatic N) is 2. The predicted octanol–water partition coefficient (Wildman–Crippen LogP) is 1.07. The third-order valence-electron chi connectivity index (χ3n) is 3.62. The van der Waals surface area contributed by atoms with Crippen LogP contribution in [0.15, 0.2) is 10.6 Å². The van der Waals surface area contributed by atoms with Crippen molar-refractivity contribution in [3.05, 3.63) is 17.5 Å². The maximum absolute atomic E-state index is 12.0. The van der Waals surface area contributed by atoms with Crippen molar-refractivity contribution >= 4 is 5.91 Å². The zero-order valence-corrected chi connectivity index (χ0v) is 12.4. The highest BCUT2D eigenvalue weighted by molar-refractivity contribution is 5.92. The molecule has 6 heteroatoms. The minimum atomic E-state index is -0.180. The first-order chi connectivity index (χ1) is 9.58. The second kappa shape index (κ2) is 6.85. The highest BCUT2D eigenvalue weighted by Gasteiger charge is 2.24. The van der Waals surface area contributed by atoms with Gasteiger partial charge in [0, 0.05) is 31.7 Å². The number of amides is 1. The smallest absolute Gasteiger partial charge is 0.273 e. The summed E-state index contributed by atoms with van der Waals surface area (Å²) in [5, 5.41) is 6.68. The Balaban J connectivity index is 1.90. The minimum absolute atomic E-state index is 0.180. The Labute approximate surface area is 119 Å². The van der Waals surface area contributed by atoms with Crippen molar-refractivity contribution in [3.8, 4) is 0 Å². The maximum Gasteiger partial charge on any atom is 0.273 e. The number of nitrogens with one attached hydrogen (secondary N) is 1. The largest absolute Gasteiger partial charge is 0.379 e. The molecular formula is C14H23N3O3.